The van der Waals surface area contributed by atoms with Crippen molar-refractivity contribution in [3.63, 3.8) is 0 Å². The van der Waals surface area contributed by atoms with Crippen LogP contribution in [0.2, 0.25) is 0 Å². The van der Waals surface area contributed by atoms with Gasteiger partial charge in [0, 0.05) is 23.0 Å². The van der Waals surface area contributed by atoms with Gasteiger partial charge in [-0.25, -0.2) is 4.79 Å². The largest absolute Gasteiger partial charge is 0.476 e. The Morgan fingerprint density at radius 1 is 1.24 bits per heavy atom. The summed E-state index contributed by atoms with van der Waals surface area (Å²) in [5.74, 6) is -0.242. The van der Waals surface area contributed by atoms with Gasteiger partial charge in [0.15, 0.2) is 5.69 Å². The third-order valence-electron chi connectivity index (χ3n) is 3.68. The Morgan fingerprint density at radius 3 is 2.68 bits per heavy atom. The summed E-state index contributed by atoms with van der Waals surface area (Å²) < 4.78 is 11.0. The molecule has 0 unspecified atom stereocenters. The maximum Gasteiger partial charge on any atom is 0.356 e. The first-order valence-corrected chi connectivity index (χ1v) is 7.54. The Balaban J connectivity index is 1.83. The van der Waals surface area contributed by atoms with Crippen molar-refractivity contribution in [1.29, 1.82) is 0 Å². The molecule has 3 aromatic heterocycles. The van der Waals surface area contributed by atoms with E-state index in [1.807, 2.05) is 19.1 Å². The molecule has 0 fully saturated rings. The Bertz CT molecular complexity index is 919. The number of ether oxygens (including phenoxy) is 1. The molecule has 0 atom stereocenters. The van der Waals surface area contributed by atoms with Crippen LogP contribution in [0.25, 0.3) is 11.3 Å². The summed E-state index contributed by atoms with van der Waals surface area (Å²) >= 11 is 0. The quantitative estimate of drug-likeness (QED) is 0.754. The first kappa shape index (κ1) is 16.6. The number of rotatable bonds is 5. The first-order valence-electron chi connectivity index (χ1n) is 7.54. The molecule has 0 spiro atoms. The van der Waals surface area contributed by atoms with Gasteiger partial charge in [-0.15, -0.1) is 10.2 Å². The fraction of sp³-hybridized carbons (Fsp3) is 0.235. The van der Waals surface area contributed by atoms with Gasteiger partial charge >= 0.3 is 5.97 Å². The van der Waals surface area contributed by atoms with Crippen molar-refractivity contribution in [2.24, 2.45) is 0 Å². The van der Waals surface area contributed by atoms with Crippen LogP contribution in [0.15, 0.2) is 28.9 Å². The number of hydrogen-bond donors (Lipinski definition) is 1. The van der Waals surface area contributed by atoms with E-state index in [2.05, 4.69) is 20.3 Å². The van der Waals surface area contributed by atoms with E-state index < -0.39 is 5.97 Å². The van der Waals surface area contributed by atoms with E-state index in [-0.39, 0.29) is 18.2 Å². The molecule has 8 nitrogen and oxygen atoms in total. The summed E-state index contributed by atoms with van der Waals surface area (Å²) in [5, 5.41) is 20.5. The van der Waals surface area contributed by atoms with Gasteiger partial charge in [0.05, 0.1) is 5.56 Å². The number of pyridine rings is 1. The third-order valence-corrected chi connectivity index (χ3v) is 3.68. The zero-order valence-electron chi connectivity index (χ0n) is 14.0. The van der Waals surface area contributed by atoms with Gasteiger partial charge in [-0.1, -0.05) is 5.16 Å². The highest BCUT2D eigenvalue weighted by molar-refractivity contribution is 5.85. The zero-order valence-corrected chi connectivity index (χ0v) is 14.0. The molecular formula is C17H16N4O4. The van der Waals surface area contributed by atoms with E-state index >= 15 is 0 Å². The molecule has 25 heavy (non-hydrogen) atoms. The Morgan fingerprint density at radius 2 is 2.04 bits per heavy atom. The monoisotopic (exact) mass is 340 g/mol. The maximum absolute atomic E-state index is 10.9. The smallest absolute Gasteiger partial charge is 0.356 e. The van der Waals surface area contributed by atoms with E-state index in [1.54, 1.807) is 20.0 Å². The number of nitrogens with zero attached hydrogens (tertiary/aromatic N) is 4. The molecule has 1 N–H and O–H groups in total. The summed E-state index contributed by atoms with van der Waals surface area (Å²) in [6, 6.07) is 5.22. The SMILES string of the molecule is Cc1ccc(-c2noc(C)c2COc2nnc(C(=O)O)cc2C)cn1. The second kappa shape index (κ2) is 6.68. The van der Waals surface area contributed by atoms with Crippen molar-refractivity contribution < 1.29 is 19.2 Å². The van der Waals surface area contributed by atoms with Gasteiger partial charge in [-0.05, 0) is 39.0 Å². The molecule has 3 rings (SSSR count). The van der Waals surface area contributed by atoms with Crippen LogP contribution in [0.1, 0.15) is 33.1 Å². The lowest BCUT2D eigenvalue weighted by molar-refractivity contribution is 0.0688. The summed E-state index contributed by atoms with van der Waals surface area (Å²) in [5.41, 5.74) is 3.61. The summed E-state index contributed by atoms with van der Waals surface area (Å²) in [7, 11) is 0. The highest BCUT2D eigenvalue weighted by Crippen LogP contribution is 2.26. The van der Waals surface area contributed by atoms with Crippen LogP contribution in [0.4, 0.5) is 0 Å². The highest BCUT2D eigenvalue weighted by Gasteiger charge is 2.17. The van der Waals surface area contributed by atoms with Crippen LogP contribution in [0, 0.1) is 20.8 Å². The molecule has 0 amide bonds. The lowest BCUT2D eigenvalue weighted by Gasteiger charge is -2.08. The molecule has 8 heteroatoms. The van der Waals surface area contributed by atoms with Crippen LogP contribution in [-0.4, -0.2) is 31.4 Å². The van der Waals surface area contributed by atoms with Gasteiger partial charge in [0.2, 0.25) is 5.88 Å². The summed E-state index contributed by atoms with van der Waals surface area (Å²) in [6.45, 7) is 5.58. The van der Waals surface area contributed by atoms with E-state index in [4.69, 9.17) is 14.4 Å². The van der Waals surface area contributed by atoms with E-state index in [0.717, 1.165) is 16.8 Å². The molecule has 3 heterocycles. The summed E-state index contributed by atoms with van der Waals surface area (Å²) in [6.07, 6.45) is 1.73. The average molecular weight is 340 g/mol. The van der Waals surface area contributed by atoms with E-state index in [9.17, 15) is 4.79 Å². The van der Waals surface area contributed by atoms with Gasteiger partial charge in [0.1, 0.15) is 18.1 Å². The third kappa shape index (κ3) is 3.47. The lowest BCUT2D eigenvalue weighted by atomic mass is 10.1. The van der Waals surface area contributed by atoms with Crippen molar-refractivity contribution in [3.05, 3.63) is 52.7 Å². The van der Waals surface area contributed by atoms with Crippen molar-refractivity contribution in [1.82, 2.24) is 20.3 Å². The number of carboxylic acid groups (broad SMARTS) is 1. The maximum atomic E-state index is 10.9. The van der Waals surface area contributed by atoms with Crippen LogP contribution in [0.3, 0.4) is 0 Å². The molecule has 0 aromatic carbocycles. The van der Waals surface area contributed by atoms with Crippen LogP contribution in [-0.2, 0) is 6.61 Å². The van der Waals surface area contributed by atoms with E-state index in [0.29, 0.717) is 17.0 Å². The van der Waals surface area contributed by atoms with E-state index in [1.165, 1.54) is 6.07 Å². The Hall–Kier alpha value is -3.29. The van der Waals surface area contributed by atoms with Crippen LogP contribution < -0.4 is 4.74 Å². The number of carboxylic acids is 1. The van der Waals surface area contributed by atoms with Crippen molar-refractivity contribution in [3.8, 4) is 17.1 Å². The number of aromatic carboxylic acids is 1. The molecule has 0 saturated carbocycles. The molecule has 3 aromatic rings. The zero-order chi connectivity index (χ0) is 18.0. The Kier molecular flexibility index (Phi) is 4.42. The number of carbonyl (C=O) groups is 1. The lowest BCUT2D eigenvalue weighted by Crippen LogP contribution is -2.06. The molecular weight excluding hydrogens is 324 g/mol. The minimum Gasteiger partial charge on any atom is -0.476 e. The minimum absolute atomic E-state index is 0.127. The highest BCUT2D eigenvalue weighted by atomic mass is 16.5. The Labute approximate surface area is 143 Å². The molecule has 0 radical (unpaired) electrons. The predicted molar refractivity (Wildman–Crippen MR) is 87.3 cm³/mol. The second-order valence-corrected chi connectivity index (χ2v) is 5.57. The standard InChI is InChI=1S/C17H16N4O4/c1-9-6-14(17(22)23)19-20-16(9)24-8-13-11(3)25-21-15(13)12-5-4-10(2)18-7-12/h4-7H,8H2,1-3H3,(H,22,23). The number of aryl methyl sites for hydroxylation is 3. The first-order chi connectivity index (χ1) is 12.0. The number of aromatic nitrogens is 4. The summed E-state index contributed by atoms with van der Waals surface area (Å²) in [4.78, 5) is 15.2. The topological polar surface area (TPSA) is 111 Å². The molecule has 0 aliphatic heterocycles. The average Bonchev–Trinajstić information content (AvgIpc) is 2.95. The number of hydrogen-bond acceptors (Lipinski definition) is 7. The van der Waals surface area contributed by atoms with Gasteiger partial charge in [-0.3, -0.25) is 4.98 Å². The second-order valence-electron chi connectivity index (χ2n) is 5.57. The molecule has 128 valence electrons. The van der Waals surface area contributed by atoms with Crippen molar-refractivity contribution in [2.75, 3.05) is 0 Å². The van der Waals surface area contributed by atoms with Gasteiger partial charge in [0.25, 0.3) is 0 Å². The molecule has 0 saturated heterocycles. The fourth-order valence-electron chi connectivity index (χ4n) is 2.26. The minimum atomic E-state index is -1.13. The van der Waals surface area contributed by atoms with Gasteiger partial charge in [-0.2, -0.15) is 0 Å². The van der Waals surface area contributed by atoms with Crippen LogP contribution >= 0.6 is 0 Å². The predicted octanol–water partition coefficient (Wildman–Crippen LogP) is 2.73. The van der Waals surface area contributed by atoms with Crippen molar-refractivity contribution >= 4 is 5.97 Å². The van der Waals surface area contributed by atoms with Crippen molar-refractivity contribution in [2.45, 2.75) is 27.4 Å². The van der Waals surface area contributed by atoms with Crippen LogP contribution in [0.5, 0.6) is 5.88 Å². The van der Waals surface area contributed by atoms with Gasteiger partial charge < -0.3 is 14.4 Å². The fourth-order valence-corrected chi connectivity index (χ4v) is 2.26. The normalized spacial score (nSPS) is 10.7. The molecule has 0 aliphatic carbocycles. The molecule has 0 aliphatic rings. The molecule has 0 bridgehead atoms.